The third-order valence-electron chi connectivity index (χ3n) is 4.85. The fourth-order valence-corrected chi connectivity index (χ4v) is 3.84. The average molecular weight is 270 g/mol. The Kier molecular flexibility index (Phi) is 2.63. The van der Waals surface area contributed by atoms with Gasteiger partial charge < -0.3 is 10.3 Å². The third-order valence-corrected chi connectivity index (χ3v) is 4.85. The monoisotopic (exact) mass is 270 g/mol. The lowest BCUT2D eigenvalue weighted by Crippen LogP contribution is -2.34. The predicted octanol–water partition coefficient (Wildman–Crippen LogP) is 2.28. The number of aromatic nitrogens is 3. The maximum atomic E-state index is 6.32. The van der Waals surface area contributed by atoms with Crippen LogP contribution in [-0.4, -0.2) is 21.2 Å². The summed E-state index contributed by atoms with van der Waals surface area (Å²) in [5.41, 5.74) is 8.22. The first kappa shape index (κ1) is 12.0. The Hall–Kier alpha value is -1.75. The second-order valence-electron chi connectivity index (χ2n) is 6.11. The molecule has 4 unspecified atom stereocenters. The van der Waals surface area contributed by atoms with Crippen molar-refractivity contribution < 1.29 is 4.52 Å². The number of fused-ring (bicyclic) bond motifs is 2. The van der Waals surface area contributed by atoms with Crippen molar-refractivity contribution in [3.63, 3.8) is 0 Å². The Bertz CT molecular complexity index is 636. The summed E-state index contributed by atoms with van der Waals surface area (Å²) in [5, 5.41) is 4.09. The average Bonchev–Trinajstić information content (AvgIpc) is 3.13. The van der Waals surface area contributed by atoms with Crippen LogP contribution >= 0.6 is 0 Å². The molecule has 2 aromatic heterocycles. The fourth-order valence-electron chi connectivity index (χ4n) is 3.84. The van der Waals surface area contributed by atoms with Crippen LogP contribution in [0.25, 0.3) is 11.5 Å². The van der Waals surface area contributed by atoms with E-state index in [1.807, 2.05) is 19.1 Å². The van der Waals surface area contributed by atoms with E-state index in [9.17, 15) is 0 Å². The molecule has 104 valence electrons. The van der Waals surface area contributed by atoms with E-state index < -0.39 is 0 Å². The van der Waals surface area contributed by atoms with Crippen LogP contribution < -0.4 is 5.73 Å². The molecule has 4 rings (SSSR count). The van der Waals surface area contributed by atoms with E-state index in [0.29, 0.717) is 23.6 Å². The minimum atomic E-state index is 0.174. The summed E-state index contributed by atoms with van der Waals surface area (Å²) in [6.07, 6.45) is 5.47. The van der Waals surface area contributed by atoms with Crippen molar-refractivity contribution in [3.8, 4) is 11.5 Å². The molecule has 2 bridgehead atoms. The lowest BCUT2D eigenvalue weighted by Gasteiger charge is -2.24. The van der Waals surface area contributed by atoms with Crippen LogP contribution in [0.3, 0.4) is 0 Å². The van der Waals surface area contributed by atoms with Crippen LogP contribution in [0.4, 0.5) is 0 Å². The van der Waals surface area contributed by atoms with Crippen molar-refractivity contribution in [2.75, 3.05) is 0 Å². The molecule has 2 heterocycles. The lowest BCUT2D eigenvalue weighted by molar-refractivity contribution is 0.279. The van der Waals surface area contributed by atoms with Crippen molar-refractivity contribution >= 4 is 0 Å². The van der Waals surface area contributed by atoms with Gasteiger partial charge in [0.25, 0.3) is 0 Å². The summed E-state index contributed by atoms with van der Waals surface area (Å²) in [4.78, 5) is 8.85. The summed E-state index contributed by atoms with van der Waals surface area (Å²) >= 11 is 0. The van der Waals surface area contributed by atoms with Crippen LogP contribution in [-0.2, 0) is 0 Å². The van der Waals surface area contributed by atoms with Crippen LogP contribution in [0.15, 0.2) is 22.9 Å². The molecule has 0 radical (unpaired) electrons. The molecular formula is C15H18N4O. The van der Waals surface area contributed by atoms with Crippen molar-refractivity contribution in [1.29, 1.82) is 0 Å². The van der Waals surface area contributed by atoms with Crippen LogP contribution in [0.5, 0.6) is 0 Å². The molecule has 2 saturated carbocycles. The highest BCUT2D eigenvalue weighted by atomic mass is 16.5. The summed E-state index contributed by atoms with van der Waals surface area (Å²) < 4.78 is 5.48. The van der Waals surface area contributed by atoms with Crippen LogP contribution in [0.1, 0.15) is 36.6 Å². The number of aryl methyl sites for hydroxylation is 1. The Labute approximate surface area is 117 Å². The molecule has 20 heavy (non-hydrogen) atoms. The lowest BCUT2D eigenvalue weighted by atomic mass is 9.85. The third kappa shape index (κ3) is 1.77. The van der Waals surface area contributed by atoms with E-state index in [0.717, 1.165) is 11.3 Å². The van der Waals surface area contributed by atoms with Crippen LogP contribution in [0.2, 0.25) is 0 Å². The highest BCUT2D eigenvalue weighted by molar-refractivity contribution is 5.49. The standard InChI is InChI=1S/C15H18N4O/c1-8-4-5-17-11(6-8)14-18-15(20-19-14)12-9-2-3-10(7-9)13(12)16/h4-6,9-10,12-13H,2-3,7,16H2,1H3. The Morgan fingerprint density at radius 1 is 1.30 bits per heavy atom. The number of pyridine rings is 1. The second-order valence-corrected chi connectivity index (χ2v) is 6.11. The normalized spacial score (nSPS) is 31.9. The van der Waals surface area contributed by atoms with Gasteiger partial charge in [-0.05, 0) is 55.7 Å². The fraction of sp³-hybridized carbons (Fsp3) is 0.533. The summed E-state index contributed by atoms with van der Waals surface area (Å²) in [6, 6.07) is 4.10. The molecular weight excluding hydrogens is 252 g/mol. The van der Waals surface area contributed by atoms with Gasteiger partial charge >= 0.3 is 0 Å². The Morgan fingerprint density at radius 3 is 2.90 bits per heavy atom. The molecule has 4 atom stereocenters. The maximum absolute atomic E-state index is 6.32. The minimum Gasteiger partial charge on any atom is -0.339 e. The number of nitrogens with zero attached hydrogens (tertiary/aromatic N) is 3. The zero-order valence-corrected chi connectivity index (χ0v) is 11.5. The van der Waals surface area contributed by atoms with Gasteiger partial charge in [0, 0.05) is 12.2 Å². The van der Waals surface area contributed by atoms with Gasteiger partial charge in [-0.15, -0.1) is 0 Å². The smallest absolute Gasteiger partial charge is 0.231 e. The first-order chi connectivity index (χ1) is 9.72. The quantitative estimate of drug-likeness (QED) is 0.905. The highest BCUT2D eigenvalue weighted by Gasteiger charge is 2.48. The number of hydrogen-bond acceptors (Lipinski definition) is 5. The summed E-state index contributed by atoms with van der Waals surface area (Å²) in [7, 11) is 0. The first-order valence-corrected chi connectivity index (χ1v) is 7.24. The van der Waals surface area contributed by atoms with Gasteiger partial charge in [0.1, 0.15) is 5.69 Å². The van der Waals surface area contributed by atoms with E-state index >= 15 is 0 Å². The largest absolute Gasteiger partial charge is 0.339 e. The Balaban J connectivity index is 1.66. The molecule has 2 fully saturated rings. The van der Waals surface area contributed by atoms with E-state index in [-0.39, 0.29) is 12.0 Å². The molecule has 2 N–H and O–H groups in total. The SMILES string of the molecule is Cc1ccnc(-c2noc(C3C4CCC(C4)C3N)n2)c1. The zero-order valence-electron chi connectivity index (χ0n) is 11.5. The number of hydrogen-bond donors (Lipinski definition) is 1. The highest BCUT2D eigenvalue weighted by Crippen LogP contribution is 2.51. The van der Waals surface area contributed by atoms with E-state index in [4.69, 9.17) is 10.3 Å². The molecule has 0 spiro atoms. The van der Waals surface area contributed by atoms with E-state index in [2.05, 4.69) is 15.1 Å². The summed E-state index contributed by atoms with van der Waals surface area (Å²) in [6.45, 7) is 2.03. The zero-order chi connectivity index (χ0) is 13.7. The summed E-state index contributed by atoms with van der Waals surface area (Å²) in [5.74, 6) is 2.76. The van der Waals surface area contributed by atoms with Gasteiger partial charge in [-0.25, -0.2) is 0 Å². The maximum Gasteiger partial charge on any atom is 0.231 e. The van der Waals surface area contributed by atoms with Gasteiger partial charge in [-0.3, -0.25) is 4.98 Å². The topological polar surface area (TPSA) is 77.8 Å². The number of rotatable bonds is 2. The van der Waals surface area contributed by atoms with E-state index in [1.54, 1.807) is 6.20 Å². The second kappa shape index (κ2) is 4.38. The van der Waals surface area contributed by atoms with Gasteiger partial charge in [-0.1, -0.05) is 5.16 Å². The van der Waals surface area contributed by atoms with Gasteiger partial charge in [0.15, 0.2) is 0 Å². The molecule has 0 amide bonds. The molecule has 0 aliphatic heterocycles. The van der Waals surface area contributed by atoms with Gasteiger partial charge in [-0.2, -0.15) is 4.98 Å². The molecule has 5 heteroatoms. The van der Waals surface area contributed by atoms with Crippen molar-refractivity contribution in [3.05, 3.63) is 29.8 Å². The van der Waals surface area contributed by atoms with Crippen molar-refractivity contribution in [1.82, 2.24) is 15.1 Å². The predicted molar refractivity (Wildman–Crippen MR) is 73.8 cm³/mol. The van der Waals surface area contributed by atoms with E-state index in [1.165, 1.54) is 19.3 Å². The Morgan fingerprint density at radius 2 is 2.15 bits per heavy atom. The molecule has 2 aliphatic carbocycles. The van der Waals surface area contributed by atoms with Gasteiger partial charge in [0.2, 0.25) is 11.7 Å². The molecule has 0 saturated heterocycles. The molecule has 0 aromatic carbocycles. The van der Waals surface area contributed by atoms with Crippen LogP contribution in [0, 0.1) is 18.8 Å². The first-order valence-electron chi connectivity index (χ1n) is 7.24. The van der Waals surface area contributed by atoms with Crippen molar-refractivity contribution in [2.24, 2.45) is 17.6 Å². The molecule has 2 aliphatic rings. The number of nitrogens with two attached hydrogens (primary N) is 1. The minimum absolute atomic E-state index is 0.174. The molecule has 2 aromatic rings. The molecule has 5 nitrogen and oxygen atoms in total. The van der Waals surface area contributed by atoms with Crippen molar-refractivity contribution in [2.45, 2.75) is 38.1 Å². The van der Waals surface area contributed by atoms with Gasteiger partial charge in [0.05, 0.1) is 5.92 Å².